The Labute approximate surface area is 155 Å². The molecule has 4 rings (SSSR count). The monoisotopic (exact) mass is 362 g/mol. The van der Waals surface area contributed by atoms with E-state index in [0.29, 0.717) is 21.8 Å². The molecule has 0 saturated heterocycles. The number of anilines is 1. The van der Waals surface area contributed by atoms with Gasteiger partial charge in [0, 0.05) is 16.3 Å². The lowest BCUT2D eigenvalue weighted by Gasteiger charge is -2.08. The van der Waals surface area contributed by atoms with E-state index in [-0.39, 0.29) is 5.91 Å². The summed E-state index contributed by atoms with van der Waals surface area (Å²) in [5, 5.41) is 12.5. The Hall–Kier alpha value is -3.18. The molecule has 4 aromatic rings. The molecule has 0 atom stereocenters. The first-order chi connectivity index (χ1) is 12.6. The van der Waals surface area contributed by atoms with Crippen molar-refractivity contribution in [2.24, 2.45) is 0 Å². The lowest BCUT2D eigenvalue weighted by Crippen LogP contribution is -2.12. The van der Waals surface area contributed by atoms with E-state index in [1.807, 2.05) is 49.4 Å². The van der Waals surface area contributed by atoms with E-state index in [1.54, 1.807) is 29.1 Å². The average Bonchev–Trinajstić information content (AvgIpc) is 3.06. The number of halogens is 1. The van der Waals surface area contributed by atoms with Crippen LogP contribution in [0.5, 0.6) is 0 Å². The van der Waals surface area contributed by atoms with Gasteiger partial charge in [0.25, 0.3) is 5.91 Å². The highest BCUT2D eigenvalue weighted by atomic mass is 35.5. The van der Waals surface area contributed by atoms with Gasteiger partial charge < -0.3 is 5.32 Å². The molecule has 0 radical (unpaired) electrons. The summed E-state index contributed by atoms with van der Waals surface area (Å²) >= 11 is 5.87. The maximum absolute atomic E-state index is 12.4. The number of fused-ring (bicyclic) bond motifs is 1. The van der Waals surface area contributed by atoms with Crippen LogP contribution in [-0.2, 0) is 0 Å². The van der Waals surface area contributed by atoms with Gasteiger partial charge >= 0.3 is 0 Å². The Kier molecular flexibility index (Phi) is 4.14. The fraction of sp³-hybridized carbons (Fsp3) is 0.0500. The quantitative estimate of drug-likeness (QED) is 0.577. The number of carbonyl (C=O) groups is 1. The summed E-state index contributed by atoms with van der Waals surface area (Å²) < 4.78 is 0. The predicted molar refractivity (Wildman–Crippen MR) is 103 cm³/mol. The van der Waals surface area contributed by atoms with Crippen LogP contribution in [0.2, 0.25) is 5.02 Å². The molecule has 1 heterocycles. The van der Waals surface area contributed by atoms with Crippen molar-refractivity contribution in [1.29, 1.82) is 0 Å². The molecule has 0 spiro atoms. The van der Waals surface area contributed by atoms with Gasteiger partial charge in [-0.25, -0.2) is 0 Å². The van der Waals surface area contributed by atoms with Crippen LogP contribution in [0.25, 0.3) is 16.7 Å². The van der Waals surface area contributed by atoms with Crippen LogP contribution in [-0.4, -0.2) is 20.9 Å². The Morgan fingerprint density at radius 1 is 0.962 bits per heavy atom. The van der Waals surface area contributed by atoms with Crippen molar-refractivity contribution in [3.8, 4) is 5.69 Å². The van der Waals surface area contributed by atoms with E-state index in [4.69, 9.17) is 11.6 Å². The maximum atomic E-state index is 12.4. The highest BCUT2D eigenvalue weighted by Gasteiger charge is 2.11. The van der Waals surface area contributed by atoms with Crippen LogP contribution >= 0.6 is 11.6 Å². The van der Waals surface area contributed by atoms with Crippen LogP contribution in [0, 0.1) is 6.92 Å². The number of benzene rings is 3. The molecule has 1 amide bonds. The van der Waals surface area contributed by atoms with Crippen molar-refractivity contribution in [2.75, 3.05) is 5.32 Å². The number of rotatable bonds is 3. The number of hydrogen-bond acceptors (Lipinski definition) is 3. The summed E-state index contributed by atoms with van der Waals surface area (Å²) in [6.07, 6.45) is 0. The third-order valence-corrected chi connectivity index (χ3v) is 4.32. The zero-order chi connectivity index (χ0) is 18.1. The number of amides is 1. The second-order valence-electron chi connectivity index (χ2n) is 5.94. The SMILES string of the molecule is Cc1cc2nn(-c3ccccc3)nc2cc1NC(=O)c1ccc(Cl)cc1. The Morgan fingerprint density at radius 3 is 2.31 bits per heavy atom. The molecule has 0 aliphatic rings. The lowest BCUT2D eigenvalue weighted by molar-refractivity contribution is 0.102. The van der Waals surface area contributed by atoms with Gasteiger partial charge in [-0.1, -0.05) is 29.8 Å². The molecule has 0 bridgehead atoms. The smallest absolute Gasteiger partial charge is 0.255 e. The summed E-state index contributed by atoms with van der Waals surface area (Å²) in [6.45, 7) is 1.93. The Bertz CT molecular complexity index is 1090. The summed E-state index contributed by atoms with van der Waals surface area (Å²) in [7, 11) is 0. The van der Waals surface area contributed by atoms with Crippen molar-refractivity contribution in [2.45, 2.75) is 6.92 Å². The van der Waals surface area contributed by atoms with Crippen molar-refractivity contribution < 1.29 is 4.79 Å². The highest BCUT2D eigenvalue weighted by molar-refractivity contribution is 6.30. The molecule has 0 aliphatic carbocycles. The number of hydrogen-bond donors (Lipinski definition) is 1. The average molecular weight is 363 g/mol. The third-order valence-electron chi connectivity index (χ3n) is 4.07. The van der Waals surface area contributed by atoms with E-state index in [1.165, 1.54) is 0 Å². The minimum atomic E-state index is -0.195. The largest absolute Gasteiger partial charge is 0.322 e. The number of carbonyl (C=O) groups excluding carboxylic acids is 1. The molecule has 26 heavy (non-hydrogen) atoms. The van der Waals surface area contributed by atoms with Crippen LogP contribution in [0.4, 0.5) is 5.69 Å². The number of nitrogens with zero attached hydrogens (tertiary/aromatic N) is 3. The molecule has 0 unspecified atom stereocenters. The van der Waals surface area contributed by atoms with Crippen LogP contribution in [0.3, 0.4) is 0 Å². The number of nitrogens with one attached hydrogen (secondary N) is 1. The first-order valence-electron chi connectivity index (χ1n) is 8.10. The molecule has 5 nitrogen and oxygen atoms in total. The lowest BCUT2D eigenvalue weighted by atomic mass is 10.1. The van der Waals surface area contributed by atoms with Crippen molar-refractivity contribution in [3.63, 3.8) is 0 Å². The van der Waals surface area contributed by atoms with Crippen molar-refractivity contribution in [3.05, 3.63) is 82.9 Å². The highest BCUT2D eigenvalue weighted by Crippen LogP contribution is 2.23. The molecule has 0 saturated carbocycles. The summed E-state index contributed by atoms with van der Waals surface area (Å²) in [6, 6.07) is 20.2. The summed E-state index contributed by atoms with van der Waals surface area (Å²) in [5.41, 5.74) is 4.54. The van der Waals surface area contributed by atoms with Gasteiger partial charge in [-0.15, -0.1) is 10.2 Å². The second kappa shape index (κ2) is 6.61. The van der Waals surface area contributed by atoms with Gasteiger partial charge in [-0.2, -0.15) is 4.80 Å². The molecule has 0 fully saturated rings. The third kappa shape index (κ3) is 3.17. The molecule has 1 aromatic heterocycles. The van der Waals surface area contributed by atoms with Crippen molar-refractivity contribution >= 4 is 34.2 Å². The van der Waals surface area contributed by atoms with E-state index >= 15 is 0 Å². The molecule has 1 N–H and O–H groups in total. The normalized spacial score (nSPS) is 10.8. The molecule has 128 valence electrons. The minimum Gasteiger partial charge on any atom is -0.322 e. The number of aromatic nitrogens is 3. The zero-order valence-electron chi connectivity index (χ0n) is 14.0. The van der Waals surface area contributed by atoms with E-state index in [2.05, 4.69) is 15.5 Å². The van der Waals surface area contributed by atoms with Gasteiger partial charge in [0.05, 0.1) is 5.69 Å². The molecular weight excluding hydrogens is 348 g/mol. The maximum Gasteiger partial charge on any atom is 0.255 e. The van der Waals surface area contributed by atoms with E-state index < -0.39 is 0 Å². The van der Waals surface area contributed by atoms with Gasteiger partial charge in [0.2, 0.25) is 0 Å². The van der Waals surface area contributed by atoms with Crippen LogP contribution in [0.15, 0.2) is 66.7 Å². The van der Waals surface area contributed by atoms with Crippen molar-refractivity contribution in [1.82, 2.24) is 15.0 Å². The van der Waals surface area contributed by atoms with Crippen LogP contribution < -0.4 is 5.32 Å². The van der Waals surface area contributed by atoms with Gasteiger partial charge in [0.1, 0.15) is 11.0 Å². The minimum absolute atomic E-state index is 0.195. The molecule has 6 heteroatoms. The Morgan fingerprint density at radius 2 is 1.62 bits per heavy atom. The molecule has 0 aliphatic heterocycles. The zero-order valence-corrected chi connectivity index (χ0v) is 14.7. The standard InChI is InChI=1S/C20H15ClN4O/c1-13-11-18-19(24-25(23-18)16-5-3-2-4-6-16)12-17(13)22-20(26)14-7-9-15(21)10-8-14/h2-12H,1H3,(H,22,26). The second-order valence-corrected chi connectivity index (χ2v) is 6.38. The van der Waals surface area contributed by atoms with Gasteiger partial charge in [0.15, 0.2) is 0 Å². The predicted octanol–water partition coefficient (Wildman–Crippen LogP) is 4.63. The topological polar surface area (TPSA) is 59.8 Å². The fourth-order valence-electron chi connectivity index (χ4n) is 2.68. The van der Waals surface area contributed by atoms with Gasteiger partial charge in [-0.05, 0) is 61.0 Å². The summed E-state index contributed by atoms with van der Waals surface area (Å²) in [5.74, 6) is -0.195. The van der Waals surface area contributed by atoms with Gasteiger partial charge in [-0.3, -0.25) is 4.79 Å². The molecular formula is C20H15ClN4O. The number of aryl methyl sites for hydroxylation is 1. The van der Waals surface area contributed by atoms with Crippen LogP contribution in [0.1, 0.15) is 15.9 Å². The van der Waals surface area contributed by atoms with E-state index in [9.17, 15) is 4.79 Å². The number of para-hydroxylation sites is 1. The Balaban J connectivity index is 1.66. The van der Waals surface area contributed by atoms with E-state index in [0.717, 1.165) is 16.8 Å². The first kappa shape index (κ1) is 16.3. The summed E-state index contributed by atoms with van der Waals surface area (Å²) in [4.78, 5) is 14.0. The first-order valence-corrected chi connectivity index (χ1v) is 8.48. The fourth-order valence-corrected chi connectivity index (χ4v) is 2.80. The molecule has 3 aromatic carbocycles.